The number of carbonyl (C=O) groups is 1. The van der Waals surface area contributed by atoms with Gasteiger partial charge in [0.1, 0.15) is 0 Å². The predicted octanol–water partition coefficient (Wildman–Crippen LogP) is 5.95. The molecule has 0 bridgehead atoms. The minimum Gasteiger partial charge on any atom is -0.347 e. The lowest BCUT2D eigenvalue weighted by Gasteiger charge is -2.31. The van der Waals surface area contributed by atoms with Crippen LogP contribution in [0.2, 0.25) is 0 Å². The van der Waals surface area contributed by atoms with Crippen molar-refractivity contribution in [2.24, 2.45) is 5.92 Å². The number of amides is 1. The van der Waals surface area contributed by atoms with Crippen LogP contribution in [0.15, 0.2) is 55.3 Å². The second-order valence-corrected chi connectivity index (χ2v) is 6.67. The molecular weight excluding hydrogens is 320 g/mol. The number of hydrogen-bond acceptors (Lipinski definition) is 2. The summed E-state index contributed by atoms with van der Waals surface area (Å²) in [5, 5.41) is 3.24. The molecule has 26 heavy (non-hydrogen) atoms. The molecule has 2 rings (SSSR count). The summed E-state index contributed by atoms with van der Waals surface area (Å²) in [4.78, 5) is 17.0. The zero-order chi connectivity index (χ0) is 19.4. The van der Waals surface area contributed by atoms with E-state index in [-0.39, 0.29) is 18.8 Å². The van der Waals surface area contributed by atoms with Gasteiger partial charge in [-0.1, -0.05) is 57.6 Å². The fourth-order valence-electron chi connectivity index (χ4n) is 3.01. The molecule has 0 saturated heterocycles. The van der Waals surface area contributed by atoms with E-state index in [1.54, 1.807) is 6.20 Å². The summed E-state index contributed by atoms with van der Waals surface area (Å²) in [5.74, 6) is 0.222. The Morgan fingerprint density at radius 3 is 2.73 bits per heavy atom. The second kappa shape index (κ2) is 11.5. The van der Waals surface area contributed by atoms with Crippen LogP contribution in [-0.4, -0.2) is 16.4 Å². The van der Waals surface area contributed by atoms with Crippen molar-refractivity contribution < 1.29 is 6.22 Å². The molecule has 1 heterocycles. The fraction of sp³-hybridized carbons (Fsp3) is 0.478. The van der Waals surface area contributed by atoms with Crippen LogP contribution in [0.25, 0.3) is 5.57 Å². The molecule has 0 saturated carbocycles. The van der Waals surface area contributed by atoms with Crippen LogP contribution in [0.3, 0.4) is 0 Å². The first-order chi connectivity index (χ1) is 12.6. The Bertz CT molecular complexity index is 625. The van der Waals surface area contributed by atoms with Crippen molar-refractivity contribution in [1.82, 2.24) is 10.3 Å². The van der Waals surface area contributed by atoms with Crippen LogP contribution in [0, 0.1) is 5.92 Å². The normalized spacial score (nSPS) is 19.6. The number of carbonyl (C=O) groups excluding carboxylic acids is 1. The van der Waals surface area contributed by atoms with E-state index in [9.17, 15) is 4.79 Å². The quantitative estimate of drug-likeness (QED) is 0.584. The zero-order valence-electron chi connectivity index (χ0n) is 16.8. The van der Waals surface area contributed by atoms with Gasteiger partial charge in [0.2, 0.25) is 5.91 Å². The molecule has 0 aliphatic heterocycles. The average molecular weight is 357 g/mol. The molecule has 3 nitrogen and oxygen atoms in total. The van der Waals surface area contributed by atoms with E-state index in [1.165, 1.54) is 0 Å². The SMILES string of the molecule is C=CCCC(CCC)C(=O)NC1(C)C=CC(c2ccccn2)=CC1.CC.[HH]. The number of rotatable bonds is 8. The van der Waals surface area contributed by atoms with E-state index >= 15 is 0 Å². The highest BCUT2D eigenvalue weighted by Crippen LogP contribution is 2.26. The third-order valence-corrected chi connectivity index (χ3v) is 4.47. The Balaban J connectivity index is 0.00000218. The second-order valence-electron chi connectivity index (χ2n) is 6.67. The van der Waals surface area contributed by atoms with Crippen molar-refractivity contribution in [2.75, 3.05) is 0 Å². The van der Waals surface area contributed by atoms with Gasteiger partial charge in [0, 0.05) is 13.5 Å². The van der Waals surface area contributed by atoms with Gasteiger partial charge < -0.3 is 5.32 Å². The Morgan fingerprint density at radius 1 is 1.42 bits per heavy atom. The van der Waals surface area contributed by atoms with E-state index in [4.69, 9.17) is 0 Å². The van der Waals surface area contributed by atoms with Gasteiger partial charge in [0.05, 0.1) is 11.2 Å². The van der Waals surface area contributed by atoms with Crippen molar-refractivity contribution >= 4 is 11.5 Å². The molecule has 0 radical (unpaired) electrons. The van der Waals surface area contributed by atoms with Crippen LogP contribution in [0.1, 0.15) is 66.9 Å². The number of aromatic nitrogens is 1. The number of hydrogen-bond donors (Lipinski definition) is 1. The molecule has 2 unspecified atom stereocenters. The molecule has 144 valence electrons. The molecule has 1 aromatic rings. The summed E-state index contributed by atoms with van der Waals surface area (Å²) in [6.07, 6.45) is 14.5. The first kappa shape index (κ1) is 21.9. The predicted molar refractivity (Wildman–Crippen MR) is 114 cm³/mol. The Morgan fingerprint density at radius 2 is 2.19 bits per heavy atom. The molecule has 0 aromatic carbocycles. The lowest BCUT2D eigenvalue weighted by atomic mass is 9.88. The molecule has 1 aliphatic carbocycles. The largest absolute Gasteiger partial charge is 0.347 e. The molecule has 1 aliphatic rings. The van der Waals surface area contributed by atoms with Gasteiger partial charge in [-0.25, -0.2) is 0 Å². The zero-order valence-corrected chi connectivity index (χ0v) is 16.8. The standard InChI is InChI=1S/C21H28N2O.C2H6.H2/c1-4-6-10-18(9-5-2)20(24)23-21(3)14-12-17(13-15-21)19-11-7-8-16-22-19;1-2;/h4,7-8,11-14,16,18H,1,5-6,9-10,15H2,2-3H3,(H,23,24);1-2H3;1H. The van der Waals surface area contributed by atoms with E-state index in [0.29, 0.717) is 0 Å². The highest BCUT2D eigenvalue weighted by atomic mass is 16.2. The topological polar surface area (TPSA) is 42.0 Å². The maximum absolute atomic E-state index is 12.7. The average Bonchev–Trinajstić information content (AvgIpc) is 2.67. The highest BCUT2D eigenvalue weighted by Gasteiger charge is 2.28. The molecule has 0 fully saturated rings. The van der Waals surface area contributed by atoms with Crippen molar-refractivity contribution in [3.05, 3.63) is 61.0 Å². The summed E-state index contributed by atoms with van der Waals surface area (Å²) in [6, 6.07) is 5.91. The van der Waals surface area contributed by atoms with Gasteiger partial charge in [0.15, 0.2) is 0 Å². The Kier molecular flexibility index (Phi) is 9.64. The summed E-state index contributed by atoms with van der Waals surface area (Å²) < 4.78 is 0. The maximum Gasteiger partial charge on any atom is 0.223 e. The van der Waals surface area contributed by atoms with E-state index in [2.05, 4.69) is 49.0 Å². The highest BCUT2D eigenvalue weighted by molar-refractivity contribution is 5.81. The molecule has 1 amide bonds. The van der Waals surface area contributed by atoms with Crippen molar-refractivity contribution in [3.8, 4) is 0 Å². The van der Waals surface area contributed by atoms with E-state index in [1.807, 2.05) is 38.1 Å². The Labute approximate surface area is 160 Å². The van der Waals surface area contributed by atoms with Crippen molar-refractivity contribution in [3.63, 3.8) is 0 Å². The van der Waals surface area contributed by atoms with Gasteiger partial charge in [0.25, 0.3) is 0 Å². The third kappa shape index (κ3) is 6.62. The van der Waals surface area contributed by atoms with Crippen LogP contribution < -0.4 is 5.32 Å². The van der Waals surface area contributed by atoms with Crippen molar-refractivity contribution in [2.45, 2.75) is 65.3 Å². The summed E-state index contributed by atoms with van der Waals surface area (Å²) in [7, 11) is 0. The minimum atomic E-state index is -0.324. The number of allylic oxidation sites excluding steroid dienone is 3. The number of nitrogens with one attached hydrogen (secondary N) is 1. The molecule has 0 spiro atoms. The maximum atomic E-state index is 12.7. The molecule has 2 atom stereocenters. The Hall–Kier alpha value is -2.16. The number of nitrogens with zero attached hydrogens (tertiary/aromatic N) is 1. The lowest BCUT2D eigenvalue weighted by Crippen LogP contribution is -2.47. The van der Waals surface area contributed by atoms with E-state index in [0.717, 1.165) is 43.4 Å². The first-order valence-electron chi connectivity index (χ1n) is 9.81. The number of pyridine rings is 1. The molecular formula is C23H36N2O. The van der Waals surface area contributed by atoms with Gasteiger partial charge in [-0.2, -0.15) is 0 Å². The van der Waals surface area contributed by atoms with Gasteiger partial charge in [-0.3, -0.25) is 9.78 Å². The summed E-state index contributed by atoms with van der Waals surface area (Å²) in [5.41, 5.74) is 1.76. The first-order valence-corrected chi connectivity index (χ1v) is 9.81. The lowest BCUT2D eigenvalue weighted by molar-refractivity contribution is -0.126. The third-order valence-electron chi connectivity index (χ3n) is 4.47. The monoisotopic (exact) mass is 356 g/mol. The summed E-state index contributed by atoms with van der Waals surface area (Å²) >= 11 is 0. The van der Waals surface area contributed by atoms with Crippen LogP contribution >= 0.6 is 0 Å². The minimum absolute atomic E-state index is 0. The van der Waals surface area contributed by atoms with Gasteiger partial charge in [-0.15, -0.1) is 6.58 Å². The van der Waals surface area contributed by atoms with Crippen molar-refractivity contribution in [1.29, 1.82) is 0 Å². The van der Waals surface area contributed by atoms with Gasteiger partial charge in [-0.05, 0) is 50.3 Å². The smallest absolute Gasteiger partial charge is 0.223 e. The molecule has 1 N–H and O–H groups in total. The molecule has 1 aromatic heterocycles. The van der Waals surface area contributed by atoms with Crippen LogP contribution in [-0.2, 0) is 4.79 Å². The van der Waals surface area contributed by atoms with E-state index < -0.39 is 0 Å². The summed E-state index contributed by atoms with van der Waals surface area (Å²) in [6.45, 7) is 12.0. The molecule has 3 heteroatoms. The van der Waals surface area contributed by atoms with Crippen LogP contribution in [0.4, 0.5) is 0 Å². The van der Waals surface area contributed by atoms with Crippen LogP contribution in [0.5, 0.6) is 0 Å². The van der Waals surface area contributed by atoms with Gasteiger partial charge >= 0.3 is 0 Å². The fourth-order valence-corrected chi connectivity index (χ4v) is 3.01.